The number of fused-ring (bicyclic) bond motifs is 1. The molecule has 1 fully saturated rings. The topological polar surface area (TPSA) is 59.4 Å². The zero-order chi connectivity index (χ0) is 20.2. The Labute approximate surface area is 176 Å². The monoisotopic (exact) mass is 414 g/mol. The maximum atomic E-state index is 13.1. The van der Waals surface area contributed by atoms with Gasteiger partial charge in [0.15, 0.2) is 5.69 Å². The Bertz CT molecular complexity index is 889. The molecule has 154 valence electrons. The standard InChI is InChI=1S/C22H27ClN4O2/c1-2-8-27-20-7-6-18(24-15-16-4-3-5-17(23)13-16)14-19(20)21(25-27)22(28)26-9-11-29-12-10-26/h2-5,13,18,24H,1,6-12,14-15H2/t18-/m1/s1. The number of amides is 1. The number of rotatable bonds is 6. The fourth-order valence-electron chi connectivity index (χ4n) is 4.13. The van der Waals surface area contributed by atoms with Crippen LogP contribution >= 0.6 is 11.6 Å². The number of carbonyl (C=O) groups excluding carboxylic acids is 1. The summed E-state index contributed by atoms with van der Waals surface area (Å²) in [6.45, 7) is 7.64. The Morgan fingerprint density at radius 2 is 2.21 bits per heavy atom. The predicted molar refractivity (Wildman–Crippen MR) is 113 cm³/mol. The van der Waals surface area contributed by atoms with Crippen molar-refractivity contribution < 1.29 is 9.53 Å². The van der Waals surface area contributed by atoms with Crippen LogP contribution in [0.5, 0.6) is 0 Å². The molecule has 0 bridgehead atoms. The van der Waals surface area contributed by atoms with Crippen LogP contribution in [0.25, 0.3) is 0 Å². The third kappa shape index (κ3) is 4.55. The zero-order valence-corrected chi connectivity index (χ0v) is 17.3. The van der Waals surface area contributed by atoms with Crippen LogP contribution in [-0.4, -0.2) is 52.9 Å². The first kappa shape index (κ1) is 20.1. The number of hydrogen-bond acceptors (Lipinski definition) is 4. The highest BCUT2D eigenvalue weighted by atomic mass is 35.5. The van der Waals surface area contributed by atoms with Gasteiger partial charge in [-0.1, -0.05) is 29.8 Å². The molecule has 2 aliphatic rings. The third-order valence-electron chi connectivity index (χ3n) is 5.63. The number of aromatic nitrogens is 2. The van der Waals surface area contributed by atoms with E-state index in [1.807, 2.05) is 33.9 Å². The average molecular weight is 415 g/mol. The van der Waals surface area contributed by atoms with E-state index in [0.29, 0.717) is 44.6 Å². The van der Waals surface area contributed by atoms with E-state index in [-0.39, 0.29) is 5.91 Å². The van der Waals surface area contributed by atoms with Crippen LogP contribution in [0, 0.1) is 0 Å². The lowest BCUT2D eigenvalue weighted by molar-refractivity contribution is 0.0297. The minimum absolute atomic E-state index is 0.0165. The summed E-state index contributed by atoms with van der Waals surface area (Å²) >= 11 is 6.10. The van der Waals surface area contributed by atoms with Crippen LogP contribution in [-0.2, 0) is 30.7 Å². The van der Waals surface area contributed by atoms with Gasteiger partial charge in [-0.15, -0.1) is 6.58 Å². The molecule has 0 spiro atoms. The minimum atomic E-state index is 0.0165. The van der Waals surface area contributed by atoms with Gasteiger partial charge in [0.05, 0.1) is 19.8 Å². The second-order valence-electron chi connectivity index (χ2n) is 7.60. The molecule has 1 saturated heterocycles. The van der Waals surface area contributed by atoms with E-state index >= 15 is 0 Å². The SMILES string of the molecule is C=CCn1nc(C(=O)N2CCOCC2)c2c1CC[C@@H](NCc1cccc(Cl)c1)C2. The Balaban J connectivity index is 1.52. The van der Waals surface area contributed by atoms with Gasteiger partial charge in [0.1, 0.15) is 0 Å². The number of nitrogens with one attached hydrogen (secondary N) is 1. The fraction of sp³-hybridized carbons (Fsp3) is 0.455. The first-order valence-corrected chi connectivity index (χ1v) is 10.6. The van der Waals surface area contributed by atoms with Gasteiger partial charge in [-0.05, 0) is 37.0 Å². The van der Waals surface area contributed by atoms with Gasteiger partial charge >= 0.3 is 0 Å². The lowest BCUT2D eigenvalue weighted by Gasteiger charge is -2.28. The summed E-state index contributed by atoms with van der Waals surface area (Å²) in [5, 5.41) is 9.07. The summed E-state index contributed by atoms with van der Waals surface area (Å²) in [5.74, 6) is 0.0165. The molecule has 4 rings (SSSR count). The normalized spacial score (nSPS) is 19.1. The summed E-state index contributed by atoms with van der Waals surface area (Å²) in [5.41, 5.74) is 4.01. The zero-order valence-electron chi connectivity index (χ0n) is 16.6. The summed E-state index contributed by atoms with van der Waals surface area (Å²) in [4.78, 5) is 15.0. The Morgan fingerprint density at radius 3 is 2.97 bits per heavy atom. The van der Waals surface area contributed by atoms with Crippen LogP contribution in [0.2, 0.25) is 5.02 Å². The first-order valence-electron chi connectivity index (χ1n) is 10.2. The molecule has 0 radical (unpaired) electrons. The Kier molecular flexibility index (Phi) is 6.33. The quantitative estimate of drug-likeness (QED) is 0.738. The number of ether oxygens (including phenoxy) is 1. The molecule has 0 unspecified atom stereocenters. The maximum absolute atomic E-state index is 13.1. The van der Waals surface area contributed by atoms with E-state index in [9.17, 15) is 4.79 Å². The highest BCUT2D eigenvalue weighted by molar-refractivity contribution is 6.30. The lowest BCUT2D eigenvalue weighted by Crippen LogP contribution is -2.41. The fourth-order valence-corrected chi connectivity index (χ4v) is 4.35. The van der Waals surface area contributed by atoms with Gasteiger partial charge in [-0.25, -0.2) is 0 Å². The van der Waals surface area contributed by atoms with Crippen molar-refractivity contribution in [2.24, 2.45) is 0 Å². The van der Waals surface area contributed by atoms with Crippen molar-refractivity contribution in [2.75, 3.05) is 26.3 Å². The highest BCUT2D eigenvalue weighted by Crippen LogP contribution is 2.26. The maximum Gasteiger partial charge on any atom is 0.274 e. The lowest BCUT2D eigenvalue weighted by atomic mass is 9.91. The second kappa shape index (κ2) is 9.11. The van der Waals surface area contributed by atoms with Gasteiger partial charge in [0, 0.05) is 42.0 Å². The number of halogens is 1. The van der Waals surface area contributed by atoms with Gasteiger partial charge in [0.2, 0.25) is 0 Å². The second-order valence-corrected chi connectivity index (χ2v) is 8.04. The molecule has 6 nitrogen and oxygen atoms in total. The van der Waals surface area contributed by atoms with Crippen molar-refractivity contribution in [1.82, 2.24) is 20.0 Å². The van der Waals surface area contributed by atoms with E-state index in [1.165, 1.54) is 5.69 Å². The molecule has 1 aromatic heterocycles. The van der Waals surface area contributed by atoms with Crippen molar-refractivity contribution in [3.63, 3.8) is 0 Å². The molecular formula is C22H27ClN4O2. The minimum Gasteiger partial charge on any atom is -0.378 e. The largest absolute Gasteiger partial charge is 0.378 e. The van der Waals surface area contributed by atoms with Crippen LogP contribution < -0.4 is 5.32 Å². The van der Waals surface area contributed by atoms with Crippen LogP contribution in [0.1, 0.15) is 33.7 Å². The molecule has 1 amide bonds. The smallest absolute Gasteiger partial charge is 0.274 e. The molecule has 1 atom stereocenters. The number of nitrogens with zero attached hydrogens (tertiary/aromatic N) is 3. The molecule has 7 heteroatoms. The van der Waals surface area contributed by atoms with E-state index in [0.717, 1.165) is 42.0 Å². The average Bonchev–Trinajstić information content (AvgIpc) is 3.10. The van der Waals surface area contributed by atoms with E-state index in [4.69, 9.17) is 16.3 Å². The number of hydrogen-bond donors (Lipinski definition) is 1. The molecule has 2 aromatic rings. The number of morpholine rings is 1. The predicted octanol–water partition coefficient (Wildman–Crippen LogP) is 2.84. The third-order valence-corrected chi connectivity index (χ3v) is 5.87. The molecule has 1 aromatic carbocycles. The molecule has 1 aliphatic heterocycles. The summed E-state index contributed by atoms with van der Waals surface area (Å²) in [6.07, 6.45) is 4.56. The summed E-state index contributed by atoms with van der Waals surface area (Å²) in [7, 11) is 0. The molecule has 1 N–H and O–H groups in total. The summed E-state index contributed by atoms with van der Waals surface area (Å²) < 4.78 is 7.34. The van der Waals surface area contributed by atoms with Gasteiger partial charge < -0.3 is 15.0 Å². The van der Waals surface area contributed by atoms with Crippen molar-refractivity contribution in [3.8, 4) is 0 Å². The van der Waals surface area contributed by atoms with Gasteiger partial charge in [0.25, 0.3) is 5.91 Å². The van der Waals surface area contributed by atoms with Gasteiger partial charge in [-0.3, -0.25) is 9.48 Å². The van der Waals surface area contributed by atoms with Crippen molar-refractivity contribution in [2.45, 2.75) is 38.4 Å². The van der Waals surface area contributed by atoms with E-state index in [1.54, 1.807) is 0 Å². The summed E-state index contributed by atoms with van der Waals surface area (Å²) in [6, 6.07) is 8.21. The highest BCUT2D eigenvalue weighted by Gasteiger charge is 2.31. The molecule has 1 aliphatic carbocycles. The molecule has 2 heterocycles. The van der Waals surface area contributed by atoms with Crippen LogP contribution in [0.3, 0.4) is 0 Å². The Morgan fingerprint density at radius 1 is 1.38 bits per heavy atom. The van der Waals surface area contributed by atoms with Crippen LogP contribution in [0.4, 0.5) is 0 Å². The van der Waals surface area contributed by atoms with E-state index in [2.05, 4.69) is 23.1 Å². The Hall–Kier alpha value is -2.15. The number of benzene rings is 1. The first-order chi connectivity index (χ1) is 14.2. The molecule has 29 heavy (non-hydrogen) atoms. The molecular weight excluding hydrogens is 388 g/mol. The van der Waals surface area contributed by atoms with Crippen molar-refractivity contribution in [1.29, 1.82) is 0 Å². The van der Waals surface area contributed by atoms with Crippen molar-refractivity contribution in [3.05, 3.63) is 64.5 Å². The number of carbonyl (C=O) groups is 1. The van der Waals surface area contributed by atoms with Crippen molar-refractivity contribution >= 4 is 17.5 Å². The van der Waals surface area contributed by atoms with E-state index < -0.39 is 0 Å². The van der Waals surface area contributed by atoms with Crippen LogP contribution in [0.15, 0.2) is 36.9 Å². The van der Waals surface area contributed by atoms with Gasteiger partial charge in [-0.2, -0.15) is 5.10 Å². The number of allylic oxidation sites excluding steroid dienone is 1. The molecule has 0 saturated carbocycles.